The van der Waals surface area contributed by atoms with Crippen LogP contribution in [0, 0.1) is 0 Å². The number of thiazole rings is 1. The summed E-state index contributed by atoms with van der Waals surface area (Å²) in [5, 5.41) is 25.0. The van der Waals surface area contributed by atoms with Gasteiger partial charge in [-0.1, -0.05) is 5.16 Å². The Labute approximate surface area is 286 Å². The minimum Gasteiger partial charge on any atom is -0.485 e. The molecule has 1 saturated heterocycles. The summed E-state index contributed by atoms with van der Waals surface area (Å²) in [5.74, 6) is -2.17. The first-order valence-electron chi connectivity index (χ1n) is 15.2. The normalized spacial score (nSPS) is 23.6. The molecule has 0 radical (unpaired) electrons. The molecule has 1 aromatic carbocycles. The van der Waals surface area contributed by atoms with Gasteiger partial charge in [0.05, 0.1) is 11.6 Å². The number of hydroxylamine groups is 2. The molecule has 0 bridgehead atoms. The van der Waals surface area contributed by atoms with Gasteiger partial charge in [0.15, 0.2) is 16.9 Å². The molecule has 7 N–H and O–H groups in total. The standard InChI is InChI=1S/C29H38N8O10S2/c1-14(31-5)10-17-12-32-23(33-17)16-6-8-19-15(11-16)7-9-20(45-19)29(4,26(40)41)46-36-21(18-13-48-27(30)34-18)24(38)35-22-25(39)37(28(22,2)3)47-49(42,43)44/h6,8,11,13-14,17,20,22,31H,7,9-10,12H2,1-5H3,(H2,30,34)(H,32,33)(H,35,38)(H,40,41)(H,42,43,44)/b36-21-/t14-,17-,20-,22-,29+/m1/s1. The number of carboxylic acid groups (broad SMARTS) is 1. The fourth-order valence-electron chi connectivity index (χ4n) is 5.65. The number of nitrogens with zero attached hydrogens (tertiary/aromatic N) is 4. The van der Waals surface area contributed by atoms with Gasteiger partial charge in [0.2, 0.25) is 0 Å². The average Bonchev–Trinajstić information content (AvgIpc) is 3.70. The molecule has 0 spiro atoms. The predicted octanol–water partition coefficient (Wildman–Crippen LogP) is 0.240. The van der Waals surface area contributed by atoms with Crippen LogP contribution >= 0.6 is 11.3 Å². The van der Waals surface area contributed by atoms with Crippen LogP contribution in [-0.4, -0.2) is 106 Å². The van der Waals surface area contributed by atoms with E-state index >= 15 is 0 Å². The van der Waals surface area contributed by atoms with Gasteiger partial charge >= 0.3 is 16.4 Å². The quantitative estimate of drug-likeness (QED) is 0.0701. The Morgan fingerprint density at radius 1 is 1.37 bits per heavy atom. The summed E-state index contributed by atoms with van der Waals surface area (Å²) in [5.41, 5.74) is 3.41. The number of aliphatic imine (C=N–C) groups is 1. The summed E-state index contributed by atoms with van der Waals surface area (Å²) >= 11 is 0.973. The average molecular weight is 723 g/mol. The van der Waals surface area contributed by atoms with Gasteiger partial charge in [-0.3, -0.25) is 19.1 Å². The van der Waals surface area contributed by atoms with Crippen molar-refractivity contribution < 1.29 is 46.3 Å². The largest absolute Gasteiger partial charge is 0.485 e. The number of nitrogen functional groups attached to an aromatic ring is 1. The van der Waals surface area contributed by atoms with Crippen molar-refractivity contribution in [3.8, 4) is 5.75 Å². The van der Waals surface area contributed by atoms with Gasteiger partial charge in [-0.05, 0) is 77.8 Å². The third kappa shape index (κ3) is 7.47. The number of amides is 2. The first-order chi connectivity index (χ1) is 22.9. The van der Waals surface area contributed by atoms with Crippen LogP contribution in [0.5, 0.6) is 5.75 Å². The smallest absolute Gasteiger partial charge is 0.418 e. The molecule has 1 fully saturated rings. The van der Waals surface area contributed by atoms with E-state index in [1.54, 1.807) is 6.07 Å². The Kier molecular flexibility index (Phi) is 9.90. The zero-order valence-electron chi connectivity index (χ0n) is 27.3. The first kappa shape index (κ1) is 35.9. The number of ether oxygens (including phenoxy) is 1. The molecular weight excluding hydrogens is 684 g/mol. The molecule has 0 aliphatic carbocycles. The van der Waals surface area contributed by atoms with E-state index in [-0.39, 0.29) is 23.3 Å². The molecule has 3 aliphatic rings. The summed E-state index contributed by atoms with van der Waals surface area (Å²) in [6.07, 6.45) is 0.536. The Bertz CT molecular complexity index is 1810. The monoisotopic (exact) mass is 722 g/mol. The van der Waals surface area contributed by atoms with Gasteiger partial charge in [-0.25, -0.2) is 9.78 Å². The number of benzene rings is 1. The molecule has 49 heavy (non-hydrogen) atoms. The van der Waals surface area contributed by atoms with Crippen molar-refractivity contribution >= 4 is 56.2 Å². The zero-order chi connectivity index (χ0) is 35.9. The molecule has 4 heterocycles. The maximum atomic E-state index is 13.5. The molecule has 3 aliphatic heterocycles. The number of amidine groups is 1. The highest BCUT2D eigenvalue weighted by Crippen LogP contribution is 2.35. The van der Waals surface area contributed by atoms with Gasteiger partial charge in [0.25, 0.3) is 17.4 Å². The van der Waals surface area contributed by atoms with Crippen molar-refractivity contribution in [2.75, 3.05) is 19.3 Å². The fraction of sp³-hybridized carbons (Fsp3) is 0.517. The number of β-lactam (4-membered cyclic amide) rings is 1. The van der Waals surface area contributed by atoms with E-state index in [0.29, 0.717) is 23.3 Å². The van der Waals surface area contributed by atoms with Gasteiger partial charge in [-0.15, -0.1) is 15.6 Å². The number of hydrogen-bond acceptors (Lipinski definition) is 15. The summed E-state index contributed by atoms with van der Waals surface area (Å²) in [6, 6.07) is 4.69. The molecule has 18 nitrogen and oxygen atoms in total. The summed E-state index contributed by atoms with van der Waals surface area (Å²) in [7, 11) is -3.11. The maximum Gasteiger partial charge on any atom is 0.418 e. The minimum atomic E-state index is -5.02. The molecule has 0 saturated carbocycles. The van der Waals surface area contributed by atoms with Crippen LogP contribution < -0.4 is 26.4 Å². The number of carbonyl (C=O) groups excluding carboxylic acids is 2. The van der Waals surface area contributed by atoms with E-state index in [1.807, 2.05) is 19.2 Å². The molecule has 20 heteroatoms. The van der Waals surface area contributed by atoms with Crippen LogP contribution in [0.1, 0.15) is 57.4 Å². The number of fused-ring (bicyclic) bond motifs is 1. The van der Waals surface area contributed by atoms with Gasteiger partial charge < -0.3 is 36.4 Å². The number of nitrogens with one attached hydrogen (secondary N) is 3. The molecular formula is C29H38N8O10S2. The van der Waals surface area contributed by atoms with Crippen LogP contribution in [0.3, 0.4) is 0 Å². The Hall–Kier alpha value is -4.37. The molecule has 1 aromatic heterocycles. The van der Waals surface area contributed by atoms with Crippen molar-refractivity contribution in [3.05, 3.63) is 40.4 Å². The van der Waals surface area contributed by atoms with Crippen molar-refractivity contribution in [2.45, 2.75) is 82.3 Å². The molecule has 2 aromatic rings. The van der Waals surface area contributed by atoms with Crippen LogP contribution in [0.25, 0.3) is 0 Å². The lowest BCUT2D eigenvalue weighted by molar-refractivity contribution is -0.218. The number of aliphatic carboxylic acids is 1. The van der Waals surface area contributed by atoms with Gasteiger partial charge in [-0.2, -0.15) is 13.5 Å². The van der Waals surface area contributed by atoms with Crippen LogP contribution in [-0.2, 0) is 40.3 Å². The van der Waals surface area contributed by atoms with E-state index in [1.165, 1.54) is 26.2 Å². The lowest BCUT2D eigenvalue weighted by atomic mass is 9.84. The SMILES string of the molecule is CN[C@H](C)C[C@@H]1CNC(c2ccc3c(c2)CC[C@H]([C@](C)(O/N=C(\C(=O)N[C@@H]2C(=O)N(OS(=O)(=O)O)C2(C)C)c2csc(N)n2)C(=O)O)O3)=N1. The summed E-state index contributed by atoms with van der Waals surface area (Å²) < 4.78 is 41.8. The number of aryl methyl sites for hydroxylation is 1. The van der Waals surface area contributed by atoms with Crippen molar-refractivity contribution in [3.63, 3.8) is 0 Å². The number of carboxylic acids is 1. The predicted molar refractivity (Wildman–Crippen MR) is 176 cm³/mol. The topological polar surface area (TPSA) is 256 Å². The summed E-state index contributed by atoms with van der Waals surface area (Å²) in [4.78, 5) is 53.2. The van der Waals surface area contributed by atoms with Crippen LogP contribution in [0.4, 0.5) is 5.13 Å². The number of rotatable bonds is 13. The Morgan fingerprint density at radius 3 is 2.71 bits per heavy atom. The Morgan fingerprint density at radius 2 is 2.10 bits per heavy atom. The molecule has 5 rings (SSSR count). The lowest BCUT2D eigenvalue weighted by Crippen LogP contribution is -2.76. The number of carbonyl (C=O) groups is 3. The second kappa shape index (κ2) is 13.5. The minimum absolute atomic E-state index is 0.0673. The van der Waals surface area contributed by atoms with Crippen LogP contribution in [0.2, 0.25) is 0 Å². The Balaban J connectivity index is 1.34. The van der Waals surface area contributed by atoms with E-state index in [4.69, 9.17) is 24.9 Å². The molecule has 2 amide bonds. The number of hydrogen-bond donors (Lipinski definition) is 6. The molecule has 5 atom stereocenters. The van der Waals surface area contributed by atoms with Crippen molar-refractivity contribution in [1.29, 1.82) is 0 Å². The van der Waals surface area contributed by atoms with Crippen molar-refractivity contribution in [1.82, 2.24) is 26.0 Å². The second-order valence-electron chi connectivity index (χ2n) is 12.6. The number of nitrogens with two attached hydrogens (primary N) is 1. The summed E-state index contributed by atoms with van der Waals surface area (Å²) in [6.45, 7) is 6.85. The van der Waals surface area contributed by atoms with Gasteiger partial charge in [0, 0.05) is 23.5 Å². The third-order valence-corrected chi connectivity index (χ3v) is 9.69. The van der Waals surface area contributed by atoms with E-state index < -0.39 is 57.2 Å². The highest BCUT2D eigenvalue weighted by atomic mass is 32.3. The van der Waals surface area contributed by atoms with Gasteiger partial charge in [0.1, 0.15) is 23.3 Å². The fourth-order valence-corrected chi connectivity index (χ4v) is 6.65. The first-order valence-corrected chi connectivity index (χ1v) is 17.5. The van der Waals surface area contributed by atoms with E-state index in [2.05, 4.69) is 37.3 Å². The third-order valence-electron chi connectivity index (χ3n) is 8.68. The maximum absolute atomic E-state index is 13.5. The van der Waals surface area contributed by atoms with E-state index in [9.17, 15) is 27.9 Å². The highest BCUT2D eigenvalue weighted by molar-refractivity contribution is 7.80. The van der Waals surface area contributed by atoms with Crippen LogP contribution in [0.15, 0.2) is 33.7 Å². The van der Waals surface area contributed by atoms with E-state index in [0.717, 1.165) is 41.3 Å². The number of anilines is 1. The number of oxime groups is 1. The number of aromatic nitrogens is 1. The molecule has 266 valence electrons. The second-order valence-corrected chi connectivity index (χ2v) is 14.5. The lowest BCUT2D eigenvalue weighted by Gasteiger charge is -2.50. The van der Waals surface area contributed by atoms with Crippen molar-refractivity contribution in [2.24, 2.45) is 10.1 Å². The zero-order valence-corrected chi connectivity index (χ0v) is 28.9. The highest BCUT2D eigenvalue weighted by Gasteiger charge is 2.58. The molecule has 0 unspecified atom stereocenters.